The second kappa shape index (κ2) is 4.34. The molecule has 0 radical (unpaired) electrons. The summed E-state index contributed by atoms with van der Waals surface area (Å²) < 4.78 is 0. The molecule has 1 saturated heterocycles. The smallest absolute Gasteiger partial charge is 0.242 e. The second-order valence-electron chi connectivity index (χ2n) is 5.38. The van der Waals surface area contributed by atoms with Crippen LogP contribution in [0.2, 0.25) is 0 Å². The van der Waals surface area contributed by atoms with E-state index in [1.807, 2.05) is 11.8 Å². The average Bonchev–Trinajstić information content (AvgIpc) is 2.25. The van der Waals surface area contributed by atoms with Gasteiger partial charge in [-0.1, -0.05) is 0 Å². The molecule has 0 aromatic heterocycles. The molecule has 1 amide bonds. The third-order valence-electron chi connectivity index (χ3n) is 4.18. The number of nitrogens with zero attached hydrogens (tertiary/aromatic N) is 1. The molecule has 0 spiro atoms. The number of nitrogens with two attached hydrogens (primary N) is 1. The maximum atomic E-state index is 12.1. The average molecular weight is 226 g/mol. The van der Waals surface area contributed by atoms with Gasteiger partial charge in [0.25, 0.3) is 0 Å². The molecule has 4 heteroatoms. The number of aliphatic hydroxyl groups excluding tert-OH is 1. The van der Waals surface area contributed by atoms with Gasteiger partial charge in [0.1, 0.15) is 0 Å². The molecule has 16 heavy (non-hydrogen) atoms. The lowest BCUT2D eigenvalue weighted by atomic mass is 9.76. The standard InChI is InChI=1S/C12H22N2O2/c1-9(15)10-3-7-14(8-4-10)11(16)12(13)5-2-6-12/h9-10,15H,2-8,13H2,1H3. The summed E-state index contributed by atoms with van der Waals surface area (Å²) in [5.41, 5.74) is 5.47. The first-order valence-corrected chi connectivity index (χ1v) is 6.29. The van der Waals surface area contributed by atoms with Crippen LogP contribution in [-0.2, 0) is 4.79 Å². The van der Waals surface area contributed by atoms with E-state index < -0.39 is 5.54 Å². The molecule has 4 nitrogen and oxygen atoms in total. The largest absolute Gasteiger partial charge is 0.393 e. The summed E-state index contributed by atoms with van der Waals surface area (Å²) in [6, 6.07) is 0. The Kier molecular flexibility index (Phi) is 3.22. The second-order valence-corrected chi connectivity index (χ2v) is 5.38. The Hall–Kier alpha value is -0.610. The van der Waals surface area contributed by atoms with Gasteiger partial charge >= 0.3 is 0 Å². The van der Waals surface area contributed by atoms with E-state index >= 15 is 0 Å². The SMILES string of the molecule is CC(O)C1CCN(C(=O)C2(N)CCC2)CC1. The molecule has 1 aliphatic heterocycles. The fourth-order valence-electron chi connectivity index (χ4n) is 2.67. The number of piperidine rings is 1. The minimum absolute atomic E-state index is 0.128. The first kappa shape index (κ1) is 11.9. The zero-order valence-corrected chi connectivity index (χ0v) is 9.98. The lowest BCUT2D eigenvalue weighted by molar-refractivity contribution is -0.142. The predicted molar refractivity (Wildman–Crippen MR) is 61.8 cm³/mol. The van der Waals surface area contributed by atoms with Crippen molar-refractivity contribution in [2.24, 2.45) is 11.7 Å². The topological polar surface area (TPSA) is 66.6 Å². The molecule has 1 heterocycles. The van der Waals surface area contributed by atoms with E-state index in [-0.39, 0.29) is 12.0 Å². The van der Waals surface area contributed by atoms with Gasteiger partial charge in [-0.15, -0.1) is 0 Å². The van der Waals surface area contributed by atoms with Gasteiger partial charge in [0.05, 0.1) is 11.6 Å². The normalized spacial score (nSPS) is 27.3. The van der Waals surface area contributed by atoms with Gasteiger partial charge in [-0.2, -0.15) is 0 Å². The lowest BCUT2D eigenvalue weighted by Gasteiger charge is -2.43. The number of amides is 1. The first-order chi connectivity index (χ1) is 7.53. The third-order valence-corrected chi connectivity index (χ3v) is 4.18. The third kappa shape index (κ3) is 2.09. The van der Waals surface area contributed by atoms with E-state index in [4.69, 9.17) is 5.73 Å². The van der Waals surface area contributed by atoms with Crippen molar-refractivity contribution >= 4 is 5.91 Å². The number of likely N-dealkylation sites (tertiary alicyclic amines) is 1. The first-order valence-electron chi connectivity index (χ1n) is 6.29. The zero-order valence-electron chi connectivity index (χ0n) is 9.98. The Balaban J connectivity index is 1.87. The van der Waals surface area contributed by atoms with Crippen molar-refractivity contribution in [1.29, 1.82) is 0 Å². The van der Waals surface area contributed by atoms with E-state index in [9.17, 15) is 9.90 Å². The van der Waals surface area contributed by atoms with E-state index in [0.29, 0.717) is 5.92 Å². The quantitative estimate of drug-likeness (QED) is 0.720. The maximum absolute atomic E-state index is 12.1. The predicted octanol–water partition coefficient (Wildman–Crippen LogP) is 0.487. The molecule has 0 bridgehead atoms. The summed E-state index contributed by atoms with van der Waals surface area (Å²) in [7, 11) is 0. The minimum atomic E-state index is -0.558. The molecular weight excluding hydrogens is 204 g/mol. The van der Waals surface area contributed by atoms with E-state index in [1.54, 1.807) is 0 Å². The van der Waals surface area contributed by atoms with Crippen molar-refractivity contribution in [1.82, 2.24) is 4.90 Å². The molecule has 0 aromatic rings. The number of aliphatic hydroxyl groups is 1. The number of rotatable bonds is 2. The van der Waals surface area contributed by atoms with Crippen LogP contribution in [0.25, 0.3) is 0 Å². The molecule has 2 fully saturated rings. The summed E-state index contributed by atoms with van der Waals surface area (Å²) in [5, 5.41) is 9.49. The van der Waals surface area contributed by atoms with E-state index in [1.165, 1.54) is 0 Å². The molecule has 1 atom stereocenters. The van der Waals surface area contributed by atoms with Crippen molar-refractivity contribution in [2.45, 2.75) is 50.7 Å². The van der Waals surface area contributed by atoms with Crippen LogP contribution in [0, 0.1) is 5.92 Å². The summed E-state index contributed by atoms with van der Waals surface area (Å²) in [5.74, 6) is 0.474. The van der Waals surface area contributed by atoms with Gasteiger partial charge in [-0.3, -0.25) is 4.79 Å². The monoisotopic (exact) mass is 226 g/mol. The lowest BCUT2D eigenvalue weighted by Crippen LogP contribution is -2.60. The van der Waals surface area contributed by atoms with E-state index in [0.717, 1.165) is 45.2 Å². The van der Waals surface area contributed by atoms with Crippen molar-refractivity contribution in [3.05, 3.63) is 0 Å². The highest BCUT2D eigenvalue weighted by molar-refractivity contribution is 5.87. The van der Waals surface area contributed by atoms with Crippen LogP contribution < -0.4 is 5.73 Å². The molecule has 3 N–H and O–H groups in total. The van der Waals surface area contributed by atoms with Crippen molar-refractivity contribution in [2.75, 3.05) is 13.1 Å². The highest BCUT2D eigenvalue weighted by atomic mass is 16.3. The fraction of sp³-hybridized carbons (Fsp3) is 0.917. The van der Waals surface area contributed by atoms with Gasteiger partial charge in [0.15, 0.2) is 0 Å². The Bertz CT molecular complexity index is 266. The van der Waals surface area contributed by atoms with Gasteiger partial charge in [0.2, 0.25) is 5.91 Å². The van der Waals surface area contributed by atoms with Crippen LogP contribution in [0.3, 0.4) is 0 Å². The summed E-state index contributed by atoms with van der Waals surface area (Å²) in [6.07, 6.45) is 4.29. The van der Waals surface area contributed by atoms with Gasteiger partial charge in [0, 0.05) is 13.1 Å². The summed E-state index contributed by atoms with van der Waals surface area (Å²) in [6.45, 7) is 3.35. The molecule has 2 rings (SSSR count). The van der Waals surface area contributed by atoms with Crippen molar-refractivity contribution in [3.63, 3.8) is 0 Å². The molecule has 1 saturated carbocycles. The van der Waals surface area contributed by atoms with Crippen LogP contribution in [0.4, 0.5) is 0 Å². The Labute approximate surface area is 96.8 Å². The van der Waals surface area contributed by atoms with Crippen LogP contribution >= 0.6 is 0 Å². The summed E-state index contributed by atoms with van der Waals surface area (Å²) >= 11 is 0. The Morgan fingerprint density at radius 3 is 2.38 bits per heavy atom. The van der Waals surface area contributed by atoms with Crippen LogP contribution in [0.5, 0.6) is 0 Å². The number of hydrogen-bond acceptors (Lipinski definition) is 3. The highest BCUT2D eigenvalue weighted by Crippen LogP contribution is 2.32. The minimum Gasteiger partial charge on any atom is -0.393 e. The molecule has 2 aliphatic rings. The molecule has 1 aliphatic carbocycles. The van der Waals surface area contributed by atoms with E-state index in [2.05, 4.69) is 0 Å². The zero-order chi connectivity index (χ0) is 11.8. The van der Waals surface area contributed by atoms with Gasteiger partial charge in [-0.25, -0.2) is 0 Å². The van der Waals surface area contributed by atoms with Crippen LogP contribution in [0.1, 0.15) is 39.0 Å². The molecular formula is C12H22N2O2. The number of carbonyl (C=O) groups excluding carboxylic acids is 1. The van der Waals surface area contributed by atoms with Gasteiger partial charge < -0.3 is 15.7 Å². The molecule has 0 aromatic carbocycles. The van der Waals surface area contributed by atoms with Crippen LogP contribution in [-0.4, -0.2) is 40.6 Å². The molecule has 92 valence electrons. The Morgan fingerprint density at radius 1 is 1.44 bits per heavy atom. The fourth-order valence-corrected chi connectivity index (χ4v) is 2.67. The number of hydrogen-bond donors (Lipinski definition) is 2. The maximum Gasteiger partial charge on any atom is 0.242 e. The molecule has 1 unspecified atom stereocenters. The van der Waals surface area contributed by atoms with Gasteiger partial charge in [-0.05, 0) is 44.9 Å². The van der Waals surface area contributed by atoms with Crippen molar-refractivity contribution in [3.8, 4) is 0 Å². The van der Waals surface area contributed by atoms with Crippen LogP contribution in [0.15, 0.2) is 0 Å². The van der Waals surface area contributed by atoms with Crippen molar-refractivity contribution < 1.29 is 9.90 Å². The number of carbonyl (C=O) groups is 1. The Morgan fingerprint density at radius 2 is 2.00 bits per heavy atom. The summed E-state index contributed by atoms with van der Waals surface area (Å²) in [4.78, 5) is 14.0. The highest BCUT2D eigenvalue weighted by Gasteiger charge is 2.43.